The predicted octanol–water partition coefficient (Wildman–Crippen LogP) is 2.29. The van der Waals surface area contributed by atoms with Gasteiger partial charge in [-0.05, 0) is 13.0 Å². The number of benzene rings is 1. The van der Waals surface area contributed by atoms with Gasteiger partial charge in [-0.25, -0.2) is 4.98 Å². The summed E-state index contributed by atoms with van der Waals surface area (Å²) < 4.78 is 1.88. The maximum absolute atomic E-state index is 11.2. The predicted molar refractivity (Wildman–Crippen MR) is 58.6 cm³/mol. The Morgan fingerprint density at radius 3 is 2.80 bits per heavy atom. The van der Waals surface area contributed by atoms with Gasteiger partial charge >= 0.3 is 0 Å². The quantitative estimate of drug-likeness (QED) is 0.697. The molecular formula is C12H12N2O. The normalized spacial score (nSPS) is 10.3. The van der Waals surface area contributed by atoms with Gasteiger partial charge in [0.25, 0.3) is 0 Å². The number of hydrogen-bond donors (Lipinski definition) is 0. The van der Waals surface area contributed by atoms with E-state index in [0.29, 0.717) is 0 Å². The smallest absolute Gasteiger partial charge is 0.159 e. The third-order valence-corrected chi connectivity index (χ3v) is 2.27. The zero-order valence-corrected chi connectivity index (χ0v) is 8.77. The van der Waals surface area contributed by atoms with Crippen LogP contribution in [0.25, 0.3) is 11.3 Å². The molecule has 0 aliphatic heterocycles. The first-order valence-corrected chi connectivity index (χ1v) is 4.76. The third kappa shape index (κ3) is 1.96. The van der Waals surface area contributed by atoms with E-state index in [1.54, 1.807) is 13.3 Å². The topological polar surface area (TPSA) is 34.9 Å². The largest absolute Gasteiger partial charge is 0.340 e. The Bertz CT molecular complexity index is 500. The van der Waals surface area contributed by atoms with Crippen LogP contribution in [0.3, 0.4) is 0 Å². The second kappa shape index (κ2) is 3.69. The van der Waals surface area contributed by atoms with E-state index in [1.165, 1.54) is 0 Å². The van der Waals surface area contributed by atoms with Crippen molar-refractivity contribution in [3.63, 3.8) is 0 Å². The molecule has 3 nitrogen and oxygen atoms in total. The minimum atomic E-state index is 0.0766. The summed E-state index contributed by atoms with van der Waals surface area (Å²) in [6.07, 6.45) is 3.68. The van der Waals surface area contributed by atoms with E-state index in [-0.39, 0.29) is 5.78 Å². The Balaban J connectivity index is 2.45. The number of carbonyl (C=O) groups excluding carboxylic acids is 1. The molecule has 1 aromatic carbocycles. The van der Waals surface area contributed by atoms with Gasteiger partial charge in [0.15, 0.2) is 5.78 Å². The average Bonchev–Trinajstić information content (AvgIpc) is 2.65. The highest BCUT2D eigenvalue weighted by Gasteiger charge is 2.04. The van der Waals surface area contributed by atoms with E-state index < -0.39 is 0 Å². The van der Waals surface area contributed by atoms with Crippen LogP contribution < -0.4 is 0 Å². The molecular weight excluding hydrogens is 188 g/mol. The molecule has 0 spiro atoms. The van der Waals surface area contributed by atoms with Crippen molar-refractivity contribution in [1.82, 2.24) is 9.55 Å². The average molecular weight is 200 g/mol. The standard InChI is InChI=1S/C12H12N2O/c1-9(15)10-4-3-5-11(6-10)12-7-14(2)8-13-12/h3-8H,1-2H3. The molecule has 0 atom stereocenters. The van der Waals surface area contributed by atoms with Crippen LogP contribution in [-0.4, -0.2) is 15.3 Å². The lowest BCUT2D eigenvalue weighted by Gasteiger charge is -1.99. The fourth-order valence-electron chi connectivity index (χ4n) is 1.46. The summed E-state index contributed by atoms with van der Waals surface area (Å²) in [5.74, 6) is 0.0766. The summed E-state index contributed by atoms with van der Waals surface area (Å²) in [4.78, 5) is 15.4. The van der Waals surface area contributed by atoms with Gasteiger partial charge in [-0.15, -0.1) is 0 Å². The number of carbonyl (C=O) groups is 1. The van der Waals surface area contributed by atoms with Crippen molar-refractivity contribution >= 4 is 5.78 Å². The number of rotatable bonds is 2. The Morgan fingerprint density at radius 1 is 1.40 bits per heavy atom. The molecule has 0 aliphatic carbocycles. The number of Topliss-reactive ketones (excluding diaryl/α,β-unsaturated/α-hetero) is 1. The van der Waals surface area contributed by atoms with Gasteiger partial charge in [0, 0.05) is 24.4 Å². The van der Waals surface area contributed by atoms with E-state index in [9.17, 15) is 4.79 Å². The van der Waals surface area contributed by atoms with Crippen LogP contribution in [0.2, 0.25) is 0 Å². The van der Waals surface area contributed by atoms with Crippen LogP contribution in [0, 0.1) is 0 Å². The van der Waals surface area contributed by atoms with Crippen molar-refractivity contribution in [3.05, 3.63) is 42.4 Å². The van der Waals surface area contributed by atoms with Crippen LogP contribution in [0.15, 0.2) is 36.8 Å². The van der Waals surface area contributed by atoms with Gasteiger partial charge in [-0.2, -0.15) is 0 Å². The first-order chi connectivity index (χ1) is 7.16. The van der Waals surface area contributed by atoms with Crippen molar-refractivity contribution in [1.29, 1.82) is 0 Å². The Morgan fingerprint density at radius 2 is 2.20 bits per heavy atom. The molecule has 0 unspecified atom stereocenters. The zero-order valence-electron chi connectivity index (χ0n) is 8.77. The number of ketones is 1. The minimum Gasteiger partial charge on any atom is -0.340 e. The maximum atomic E-state index is 11.2. The number of aryl methyl sites for hydroxylation is 1. The highest BCUT2D eigenvalue weighted by Crippen LogP contribution is 2.18. The van der Waals surface area contributed by atoms with Gasteiger partial charge in [0.05, 0.1) is 12.0 Å². The SMILES string of the molecule is CC(=O)c1cccc(-c2cn(C)cn2)c1. The van der Waals surface area contributed by atoms with Gasteiger partial charge in [-0.1, -0.05) is 18.2 Å². The van der Waals surface area contributed by atoms with Crippen molar-refractivity contribution in [2.45, 2.75) is 6.92 Å². The van der Waals surface area contributed by atoms with Crippen LogP contribution in [0.1, 0.15) is 17.3 Å². The van der Waals surface area contributed by atoms with Crippen molar-refractivity contribution in [3.8, 4) is 11.3 Å². The molecule has 0 aliphatic rings. The van der Waals surface area contributed by atoms with E-state index in [2.05, 4.69) is 4.98 Å². The number of hydrogen-bond acceptors (Lipinski definition) is 2. The zero-order chi connectivity index (χ0) is 10.8. The fraction of sp³-hybridized carbons (Fsp3) is 0.167. The first kappa shape index (κ1) is 9.65. The summed E-state index contributed by atoms with van der Waals surface area (Å²) in [5.41, 5.74) is 2.59. The second-order valence-electron chi connectivity index (χ2n) is 3.56. The van der Waals surface area contributed by atoms with Gasteiger partial charge in [0.2, 0.25) is 0 Å². The van der Waals surface area contributed by atoms with E-state index in [4.69, 9.17) is 0 Å². The van der Waals surface area contributed by atoms with Crippen molar-refractivity contribution in [2.24, 2.45) is 7.05 Å². The molecule has 3 heteroatoms. The minimum absolute atomic E-state index is 0.0766. The molecule has 1 aromatic heterocycles. The molecule has 0 radical (unpaired) electrons. The summed E-state index contributed by atoms with van der Waals surface area (Å²) in [7, 11) is 1.92. The van der Waals surface area contributed by atoms with E-state index >= 15 is 0 Å². The molecule has 76 valence electrons. The molecule has 0 fully saturated rings. The molecule has 0 saturated carbocycles. The lowest BCUT2D eigenvalue weighted by Crippen LogP contribution is -1.91. The number of nitrogens with zero attached hydrogens (tertiary/aromatic N) is 2. The highest BCUT2D eigenvalue weighted by atomic mass is 16.1. The highest BCUT2D eigenvalue weighted by molar-refractivity contribution is 5.95. The van der Waals surface area contributed by atoms with Crippen LogP contribution >= 0.6 is 0 Å². The second-order valence-corrected chi connectivity index (χ2v) is 3.56. The van der Waals surface area contributed by atoms with E-state index in [0.717, 1.165) is 16.8 Å². The molecule has 15 heavy (non-hydrogen) atoms. The molecule has 0 amide bonds. The van der Waals surface area contributed by atoms with Crippen molar-refractivity contribution in [2.75, 3.05) is 0 Å². The Hall–Kier alpha value is -1.90. The molecule has 0 bridgehead atoms. The summed E-state index contributed by atoms with van der Waals surface area (Å²) in [5, 5.41) is 0. The maximum Gasteiger partial charge on any atom is 0.159 e. The molecule has 0 saturated heterocycles. The van der Waals surface area contributed by atoms with Crippen LogP contribution in [0.5, 0.6) is 0 Å². The van der Waals surface area contributed by atoms with Crippen LogP contribution in [-0.2, 0) is 7.05 Å². The Labute approximate surface area is 88.4 Å². The fourth-order valence-corrected chi connectivity index (χ4v) is 1.46. The monoisotopic (exact) mass is 200 g/mol. The molecule has 2 aromatic rings. The summed E-state index contributed by atoms with van der Waals surface area (Å²) in [6, 6.07) is 7.51. The Kier molecular flexibility index (Phi) is 2.37. The number of imidazole rings is 1. The van der Waals surface area contributed by atoms with E-state index in [1.807, 2.05) is 42.1 Å². The number of aromatic nitrogens is 2. The summed E-state index contributed by atoms with van der Waals surface area (Å²) in [6.45, 7) is 1.57. The van der Waals surface area contributed by atoms with Gasteiger partial charge < -0.3 is 4.57 Å². The lowest BCUT2D eigenvalue weighted by atomic mass is 10.1. The third-order valence-electron chi connectivity index (χ3n) is 2.27. The van der Waals surface area contributed by atoms with Gasteiger partial charge in [-0.3, -0.25) is 4.79 Å². The molecule has 0 N–H and O–H groups in total. The molecule has 2 rings (SSSR count). The van der Waals surface area contributed by atoms with Gasteiger partial charge in [0.1, 0.15) is 0 Å². The first-order valence-electron chi connectivity index (χ1n) is 4.76. The van der Waals surface area contributed by atoms with Crippen LogP contribution in [0.4, 0.5) is 0 Å². The lowest BCUT2D eigenvalue weighted by molar-refractivity contribution is 0.101. The molecule has 1 heterocycles. The summed E-state index contributed by atoms with van der Waals surface area (Å²) >= 11 is 0. The van der Waals surface area contributed by atoms with Crippen molar-refractivity contribution < 1.29 is 4.79 Å².